The largest absolute Gasteiger partial charge is 0.437 e. The van der Waals surface area contributed by atoms with Crippen molar-refractivity contribution >= 4 is 23.1 Å². The number of halogens is 3. The van der Waals surface area contributed by atoms with Gasteiger partial charge in [-0.2, -0.15) is 13.2 Å². The van der Waals surface area contributed by atoms with Crippen LogP contribution < -0.4 is 0 Å². The first-order valence-corrected chi connectivity index (χ1v) is 6.31. The molecule has 0 aliphatic carbocycles. The third-order valence-corrected chi connectivity index (χ3v) is 2.88. The molecule has 1 aromatic carbocycles. The van der Waals surface area contributed by atoms with Gasteiger partial charge in [0.1, 0.15) is 5.52 Å². The van der Waals surface area contributed by atoms with Crippen molar-refractivity contribution in [2.45, 2.75) is 12.3 Å². The Morgan fingerprint density at radius 3 is 2.77 bits per heavy atom. The zero-order valence-corrected chi connectivity index (χ0v) is 11.5. The number of aliphatic hydroxyl groups excluding tert-OH is 1. The van der Waals surface area contributed by atoms with E-state index in [1.165, 1.54) is 6.08 Å². The fourth-order valence-corrected chi connectivity index (χ4v) is 1.68. The topological polar surface area (TPSA) is 66.6 Å². The Kier molecular flexibility index (Phi) is 4.51. The van der Waals surface area contributed by atoms with Gasteiger partial charge in [-0.3, -0.25) is 4.79 Å². The summed E-state index contributed by atoms with van der Waals surface area (Å²) in [6.45, 7) is -0.847. The SMILES string of the molecule is CN(CC(O)C(F)(F)F)C(=O)/C=C/c1nc2ccccc2o1. The Morgan fingerprint density at radius 2 is 2.14 bits per heavy atom. The highest BCUT2D eigenvalue weighted by Gasteiger charge is 2.39. The zero-order chi connectivity index (χ0) is 16.3. The van der Waals surface area contributed by atoms with Gasteiger partial charge in [-0.05, 0) is 12.1 Å². The maximum absolute atomic E-state index is 12.2. The number of para-hydroxylation sites is 2. The normalized spacial score (nSPS) is 13.7. The minimum absolute atomic E-state index is 0.166. The lowest BCUT2D eigenvalue weighted by Crippen LogP contribution is -2.41. The van der Waals surface area contributed by atoms with Crippen molar-refractivity contribution in [3.63, 3.8) is 0 Å². The van der Waals surface area contributed by atoms with Crippen molar-refractivity contribution in [3.8, 4) is 0 Å². The average molecular weight is 314 g/mol. The number of hydrogen-bond donors (Lipinski definition) is 1. The number of benzene rings is 1. The molecule has 0 fully saturated rings. The van der Waals surface area contributed by atoms with E-state index in [0.29, 0.717) is 11.1 Å². The molecule has 22 heavy (non-hydrogen) atoms. The van der Waals surface area contributed by atoms with Gasteiger partial charge in [0.25, 0.3) is 0 Å². The summed E-state index contributed by atoms with van der Waals surface area (Å²) in [5.41, 5.74) is 1.14. The van der Waals surface area contributed by atoms with Gasteiger partial charge in [-0.15, -0.1) is 0 Å². The lowest BCUT2D eigenvalue weighted by molar-refractivity contribution is -0.207. The molecule has 0 radical (unpaired) electrons. The number of oxazole rings is 1. The van der Waals surface area contributed by atoms with Gasteiger partial charge in [-0.25, -0.2) is 4.98 Å². The molecule has 0 saturated carbocycles. The summed E-state index contributed by atoms with van der Waals surface area (Å²) >= 11 is 0. The van der Waals surface area contributed by atoms with E-state index >= 15 is 0 Å². The molecule has 0 aliphatic rings. The number of carbonyl (C=O) groups is 1. The predicted octanol–water partition coefficient (Wildman–Crippen LogP) is 2.22. The van der Waals surface area contributed by atoms with Crippen molar-refractivity contribution in [1.29, 1.82) is 0 Å². The van der Waals surface area contributed by atoms with Crippen LogP contribution in [-0.2, 0) is 4.79 Å². The summed E-state index contributed by atoms with van der Waals surface area (Å²) in [5, 5.41) is 8.91. The first kappa shape index (κ1) is 16.0. The second-order valence-corrected chi connectivity index (χ2v) is 4.63. The van der Waals surface area contributed by atoms with E-state index in [-0.39, 0.29) is 5.89 Å². The third-order valence-electron chi connectivity index (χ3n) is 2.88. The number of carbonyl (C=O) groups excluding carboxylic acids is 1. The first-order chi connectivity index (χ1) is 10.3. The maximum atomic E-state index is 12.2. The number of amides is 1. The molecule has 0 saturated heterocycles. The Bertz CT molecular complexity index is 661. The summed E-state index contributed by atoms with van der Waals surface area (Å²) in [5.74, 6) is -0.537. The average Bonchev–Trinajstić information content (AvgIpc) is 2.86. The Labute approximate surface area is 123 Å². The van der Waals surface area contributed by atoms with Crippen LogP contribution in [0, 0.1) is 0 Å². The van der Waals surface area contributed by atoms with E-state index in [0.717, 1.165) is 18.0 Å². The molecule has 5 nitrogen and oxygen atoms in total. The monoisotopic (exact) mass is 314 g/mol. The fourth-order valence-electron chi connectivity index (χ4n) is 1.68. The molecule has 2 aromatic rings. The second-order valence-electron chi connectivity index (χ2n) is 4.63. The number of rotatable bonds is 4. The van der Waals surface area contributed by atoms with Gasteiger partial charge in [-0.1, -0.05) is 12.1 Å². The van der Waals surface area contributed by atoms with Gasteiger partial charge in [0, 0.05) is 19.2 Å². The highest BCUT2D eigenvalue weighted by atomic mass is 19.4. The summed E-state index contributed by atoms with van der Waals surface area (Å²) in [7, 11) is 1.16. The fraction of sp³-hybridized carbons (Fsp3) is 0.286. The van der Waals surface area contributed by atoms with Crippen LogP contribution in [0.15, 0.2) is 34.8 Å². The smallest absolute Gasteiger partial charge is 0.416 e. The number of fused-ring (bicyclic) bond motifs is 1. The lowest BCUT2D eigenvalue weighted by Gasteiger charge is -2.21. The van der Waals surface area contributed by atoms with Crippen molar-refractivity contribution in [2.75, 3.05) is 13.6 Å². The van der Waals surface area contributed by atoms with Gasteiger partial charge >= 0.3 is 6.18 Å². The van der Waals surface area contributed by atoms with Crippen LogP contribution in [0.4, 0.5) is 13.2 Å². The minimum atomic E-state index is -4.77. The van der Waals surface area contributed by atoms with E-state index in [1.807, 2.05) is 0 Å². The van der Waals surface area contributed by atoms with E-state index in [1.54, 1.807) is 24.3 Å². The van der Waals surface area contributed by atoms with Crippen LogP contribution >= 0.6 is 0 Å². The number of alkyl halides is 3. The summed E-state index contributed by atoms with van der Waals surface area (Å²) in [6.07, 6.45) is -5.05. The molecule has 2 rings (SSSR count). The number of aliphatic hydroxyl groups is 1. The van der Waals surface area contributed by atoms with Crippen molar-refractivity contribution in [1.82, 2.24) is 9.88 Å². The van der Waals surface area contributed by atoms with Gasteiger partial charge in [0.05, 0.1) is 6.54 Å². The number of nitrogens with zero attached hydrogens (tertiary/aromatic N) is 2. The molecule has 1 atom stereocenters. The molecule has 0 aliphatic heterocycles. The predicted molar refractivity (Wildman–Crippen MR) is 72.7 cm³/mol. The summed E-state index contributed by atoms with van der Waals surface area (Å²) in [4.78, 5) is 16.5. The second kappa shape index (κ2) is 6.18. The molecule has 0 bridgehead atoms. The van der Waals surface area contributed by atoms with E-state index in [9.17, 15) is 18.0 Å². The Hall–Kier alpha value is -2.35. The first-order valence-electron chi connectivity index (χ1n) is 6.31. The molecule has 1 N–H and O–H groups in total. The summed E-state index contributed by atoms with van der Waals surface area (Å²) < 4.78 is 42.0. The van der Waals surface area contributed by atoms with Crippen LogP contribution in [0.5, 0.6) is 0 Å². The Balaban J connectivity index is 2.01. The molecule has 1 unspecified atom stereocenters. The third kappa shape index (κ3) is 3.85. The van der Waals surface area contributed by atoms with E-state index in [2.05, 4.69) is 4.98 Å². The molecule has 1 amide bonds. The van der Waals surface area contributed by atoms with Gasteiger partial charge in [0.2, 0.25) is 11.8 Å². The zero-order valence-electron chi connectivity index (χ0n) is 11.5. The maximum Gasteiger partial charge on any atom is 0.416 e. The van der Waals surface area contributed by atoms with Crippen LogP contribution in [0.2, 0.25) is 0 Å². The number of aromatic nitrogens is 1. The van der Waals surface area contributed by atoms with E-state index < -0.39 is 24.7 Å². The van der Waals surface area contributed by atoms with Gasteiger partial charge < -0.3 is 14.4 Å². The molecule has 1 heterocycles. The number of hydrogen-bond acceptors (Lipinski definition) is 4. The van der Waals surface area contributed by atoms with Crippen molar-refractivity contribution in [2.24, 2.45) is 0 Å². The van der Waals surface area contributed by atoms with Crippen molar-refractivity contribution < 1.29 is 27.5 Å². The van der Waals surface area contributed by atoms with Gasteiger partial charge in [0.15, 0.2) is 11.7 Å². The van der Waals surface area contributed by atoms with Crippen LogP contribution in [0.3, 0.4) is 0 Å². The molecule has 8 heteroatoms. The molecular formula is C14H13F3N2O3. The lowest BCUT2D eigenvalue weighted by atomic mass is 10.3. The minimum Gasteiger partial charge on any atom is -0.437 e. The quantitative estimate of drug-likeness (QED) is 0.879. The van der Waals surface area contributed by atoms with Crippen LogP contribution in [0.25, 0.3) is 17.2 Å². The van der Waals surface area contributed by atoms with Crippen molar-refractivity contribution in [3.05, 3.63) is 36.2 Å². The number of likely N-dealkylation sites (N-methyl/N-ethyl adjacent to an activating group) is 1. The molecular weight excluding hydrogens is 301 g/mol. The van der Waals surface area contributed by atoms with Crippen LogP contribution in [0.1, 0.15) is 5.89 Å². The van der Waals surface area contributed by atoms with E-state index in [4.69, 9.17) is 9.52 Å². The molecule has 1 aromatic heterocycles. The summed E-state index contributed by atoms with van der Waals surface area (Å²) in [6, 6.07) is 6.96. The highest BCUT2D eigenvalue weighted by Crippen LogP contribution is 2.20. The molecule has 0 spiro atoms. The standard InChI is InChI=1S/C14H13F3N2O3/c1-19(8-11(20)14(15,16)17)13(21)7-6-12-18-9-4-2-3-5-10(9)22-12/h2-7,11,20H,8H2,1H3/b7-6+. The Morgan fingerprint density at radius 1 is 1.45 bits per heavy atom. The van der Waals surface area contributed by atoms with Crippen LogP contribution in [-0.4, -0.2) is 46.8 Å². The highest BCUT2D eigenvalue weighted by molar-refractivity contribution is 5.91. The molecule has 118 valence electrons.